The minimum absolute atomic E-state index is 0.370. The molecular weight excluding hydrogens is 479 g/mol. The molecule has 202 valence electrons. The van der Waals surface area contributed by atoms with Crippen molar-refractivity contribution in [2.75, 3.05) is 13.2 Å². The second-order valence-corrected chi connectivity index (χ2v) is 11.4. The van der Waals surface area contributed by atoms with Crippen LogP contribution in [-0.2, 0) is 13.6 Å². The summed E-state index contributed by atoms with van der Waals surface area (Å²) in [5, 5.41) is 0.370. The molecule has 34 heavy (non-hydrogen) atoms. The summed E-state index contributed by atoms with van der Waals surface area (Å²) in [7, 11) is -1.44. The summed E-state index contributed by atoms with van der Waals surface area (Å²) in [6.45, 7) is 7.88. The zero-order valence-corrected chi connectivity index (χ0v) is 25.3. The average Bonchev–Trinajstić information content (AvgIpc) is 2.84. The fourth-order valence-corrected chi connectivity index (χ4v) is 5.22. The SMILES string of the molecule is CCCCCCCCCCCCOP(OCCCCCCCCCCCC)OC(=S)C(=S)CC. The highest BCUT2D eigenvalue weighted by molar-refractivity contribution is 7.89. The van der Waals surface area contributed by atoms with Crippen LogP contribution in [0.5, 0.6) is 0 Å². The van der Waals surface area contributed by atoms with Crippen molar-refractivity contribution in [3.63, 3.8) is 0 Å². The van der Waals surface area contributed by atoms with Crippen molar-refractivity contribution in [3.8, 4) is 0 Å². The van der Waals surface area contributed by atoms with Crippen LogP contribution in [0, 0.1) is 0 Å². The van der Waals surface area contributed by atoms with Gasteiger partial charge in [-0.05, 0) is 31.5 Å². The van der Waals surface area contributed by atoms with Crippen molar-refractivity contribution in [1.29, 1.82) is 0 Å². The highest BCUT2D eigenvalue weighted by Gasteiger charge is 2.18. The quantitative estimate of drug-likeness (QED) is 0.0593. The fourth-order valence-electron chi connectivity index (χ4n) is 3.81. The van der Waals surface area contributed by atoms with Gasteiger partial charge in [-0.15, -0.1) is 0 Å². The topological polar surface area (TPSA) is 27.7 Å². The summed E-state index contributed by atoms with van der Waals surface area (Å²) in [5.74, 6) is 0. The molecule has 0 bridgehead atoms. The van der Waals surface area contributed by atoms with Crippen molar-refractivity contribution >= 4 is 43.0 Å². The van der Waals surface area contributed by atoms with Crippen LogP contribution in [0.1, 0.15) is 156 Å². The number of thiocarbonyl (C=S) groups is 2. The summed E-state index contributed by atoms with van der Waals surface area (Å²) in [6.07, 6.45) is 27.0. The Morgan fingerprint density at radius 1 is 0.500 bits per heavy atom. The fraction of sp³-hybridized carbons (Fsp3) is 0.929. The lowest BCUT2D eigenvalue weighted by Gasteiger charge is -2.17. The predicted molar refractivity (Wildman–Crippen MR) is 159 cm³/mol. The molecule has 6 heteroatoms. The van der Waals surface area contributed by atoms with Crippen LogP contribution < -0.4 is 0 Å². The first kappa shape index (κ1) is 34.3. The molecule has 0 aromatic carbocycles. The largest absolute Gasteiger partial charge is 0.414 e. The molecule has 0 aromatic rings. The standard InChI is InChI=1S/C28H55O3PS2/c1-4-7-9-11-13-15-17-19-21-23-25-29-32(31-28(34)27(33)6-3)30-26-24-22-20-18-16-14-12-10-8-5-2/h4-26H2,1-3H3. The molecule has 0 fully saturated rings. The third-order valence-electron chi connectivity index (χ3n) is 6.10. The lowest BCUT2D eigenvalue weighted by molar-refractivity contribution is 0.198. The van der Waals surface area contributed by atoms with Gasteiger partial charge in [0.1, 0.15) is 0 Å². The molecule has 0 spiro atoms. The molecule has 0 unspecified atom stereocenters. The van der Waals surface area contributed by atoms with E-state index in [4.69, 9.17) is 38.0 Å². The Morgan fingerprint density at radius 2 is 0.824 bits per heavy atom. The predicted octanol–water partition coefficient (Wildman–Crippen LogP) is 11.2. The molecule has 0 aliphatic carbocycles. The van der Waals surface area contributed by atoms with Crippen molar-refractivity contribution in [2.45, 2.75) is 156 Å². The number of rotatable bonds is 27. The van der Waals surface area contributed by atoms with E-state index >= 15 is 0 Å². The van der Waals surface area contributed by atoms with E-state index < -0.39 is 8.60 Å². The Morgan fingerprint density at radius 3 is 1.15 bits per heavy atom. The smallest absolute Gasteiger partial charge is 0.398 e. The highest BCUT2D eigenvalue weighted by atomic mass is 32.1. The van der Waals surface area contributed by atoms with Crippen LogP contribution >= 0.6 is 33.0 Å². The van der Waals surface area contributed by atoms with Crippen LogP contribution in [0.4, 0.5) is 0 Å². The van der Waals surface area contributed by atoms with Gasteiger partial charge in [-0.3, -0.25) is 0 Å². The monoisotopic (exact) mass is 534 g/mol. The first-order valence-electron chi connectivity index (χ1n) is 14.5. The van der Waals surface area contributed by atoms with Crippen molar-refractivity contribution in [2.24, 2.45) is 0 Å². The summed E-state index contributed by atoms with van der Waals surface area (Å²) in [5.41, 5.74) is 0. The molecule has 0 heterocycles. The Kier molecular flexibility index (Phi) is 28.2. The van der Waals surface area contributed by atoms with Gasteiger partial charge in [-0.2, -0.15) is 0 Å². The Labute approximate surface area is 224 Å². The molecular formula is C28H55O3PS2. The summed E-state index contributed by atoms with van der Waals surface area (Å²) in [6, 6.07) is 0. The normalized spacial score (nSPS) is 11.3. The molecule has 0 rings (SSSR count). The maximum atomic E-state index is 5.94. The summed E-state index contributed by atoms with van der Waals surface area (Å²) < 4.78 is 17.7. The first-order chi connectivity index (χ1) is 16.7. The van der Waals surface area contributed by atoms with Crippen molar-refractivity contribution < 1.29 is 13.6 Å². The average molecular weight is 535 g/mol. The van der Waals surface area contributed by atoms with E-state index in [0.717, 1.165) is 12.8 Å². The second-order valence-electron chi connectivity index (χ2n) is 9.41. The Bertz CT molecular complexity index is 437. The van der Waals surface area contributed by atoms with Gasteiger partial charge in [0.25, 0.3) is 0 Å². The lowest BCUT2D eigenvalue weighted by Crippen LogP contribution is -2.11. The molecule has 0 saturated heterocycles. The van der Waals surface area contributed by atoms with E-state index in [1.165, 1.54) is 116 Å². The van der Waals surface area contributed by atoms with E-state index in [1.807, 2.05) is 6.92 Å². The van der Waals surface area contributed by atoms with Crippen LogP contribution in [0.3, 0.4) is 0 Å². The van der Waals surface area contributed by atoms with Crippen LogP contribution in [0.15, 0.2) is 0 Å². The molecule has 3 nitrogen and oxygen atoms in total. The molecule has 0 N–H and O–H groups in total. The molecule has 0 amide bonds. The lowest BCUT2D eigenvalue weighted by atomic mass is 10.1. The minimum Gasteiger partial charge on any atom is -0.414 e. The second kappa shape index (κ2) is 27.9. The van der Waals surface area contributed by atoms with Gasteiger partial charge < -0.3 is 13.6 Å². The van der Waals surface area contributed by atoms with E-state index in [1.54, 1.807) is 0 Å². The van der Waals surface area contributed by atoms with Crippen molar-refractivity contribution in [3.05, 3.63) is 0 Å². The van der Waals surface area contributed by atoms with Crippen LogP contribution in [0.25, 0.3) is 0 Å². The molecule has 0 saturated carbocycles. The van der Waals surface area contributed by atoms with Gasteiger partial charge in [0.2, 0.25) is 5.05 Å². The van der Waals surface area contributed by atoms with Gasteiger partial charge in [0, 0.05) is 0 Å². The third-order valence-corrected chi connectivity index (χ3v) is 8.27. The first-order valence-corrected chi connectivity index (χ1v) is 16.4. The van der Waals surface area contributed by atoms with Crippen LogP contribution in [-0.4, -0.2) is 23.1 Å². The van der Waals surface area contributed by atoms with E-state index in [2.05, 4.69) is 13.8 Å². The van der Waals surface area contributed by atoms with E-state index in [-0.39, 0.29) is 0 Å². The number of hydrogen-bond donors (Lipinski definition) is 0. The molecule has 0 aromatic heterocycles. The maximum absolute atomic E-state index is 5.94. The number of unbranched alkanes of at least 4 members (excludes halogenated alkanes) is 18. The molecule has 0 aliphatic rings. The zero-order valence-electron chi connectivity index (χ0n) is 22.8. The molecule has 0 aliphatic heterocycles. The minimum atomic E-state index is -1.44. The van der Waals surface area contributed by atoms with E-state index in [9.17, 15) is 0 Å². The van der Waals surface area contributed by atoms with Gasteiger partial charge in [-0.25, -0.2) is 0 Å². The number of hydrogen-bond acceptors (Lipinski definition) is 5. The maximum Gasteiger partial charge on any atom is 0.398 e. The third kappa shape index (κ3) is 24.0. The van der Waals surface area contributed by atoms with Crippen LogP contribution in [0.2, 0.25) is 0 Å². The highest BCUT2D eigenvalue weighted by Crippen LogP contribution is 2.41. The van der Waals surface area contributed by atoms with Gasteiger partial charge in [0.15, 0.2) is 0 Å². The summed E-state index contributed by atoms with van der Waals surface area (Å²) >= 11 is 10.6. The zero-order chi connectivity index (χ0) is 25.1. The van der Waals surface area contributed by atoms with Gasteiger partial charge in [0.05, 0.1) is 18.1 Å². The summed E-state index contributed by atoms with van der Waals surface area (Å²) in [4.78, 5) is 0.674. The van der Waals surface area contributed by atoms with Crippen molar-refractivity contribution in [1.82, 2.24) is 0 Å². The van der Waals surface area contributed by atoms with Gasteiger partial charge in [-0.1, -0.05) is 149 Å². The molecule has 0 atom stereocenters. The molecule has 0 radical (unpaired) electrons. The Balaban J connectivity index is 3.88. The van der Waals surface area contributed by atoms with Gasteiger partial charge >= 0.3 is 8.60 Å². The Hall–Kier alpha value is 0.330. The van der Waals surface area contributed by atoms with E-state index in [0.29, 0.717) is 29.5 Å².